The standard InChI is InChI=1S/C12H21N5O3/c1-3-17(2)5-4-14-12(20)16-10(11(18)19)6-9-7-13-8-15-9/h7-8,10H,3-6H2,1-2H3,(H,13,15)(H,18,19)(H2,14,16,20)/t10-/m1/s1. The van der Waals surface area contributed by atoms with Gasteiger partial charge in [0.15, 0.2) is 0 Å². The van der Waals surface area contributed by atoms with Gasteiger partial charge in [0.2, 0.25) is 0 Å². The summed E-state index contributed by atoms with van der Waals surface area (Å²) >= 11 is 0. The monoisotopic (exact) mass is 283 g/mol. The minimum atomic E-state index is -1.08. The molecule has 0 bridgehead atoms. The van der Waals surface area contributed by atoms with E-state index in [1.165, 1.54) is 12.5 Å². The number of H-pyrrole nitrogens is 1. The maximum atomic E-state index is 11.6. The van der Waals surface area contributed by atoms with Crippen molar-refractivity contribution in [3.63, 3.8) is 0 Å². The van der Waals surface area contributed by atoms with Crippen LogP contribution < -0.4 is 10.6 Å². The highest BCUT2D eigenvalue weighted by atomic mass is 16.4. The first-order valence-electron chi connectivity index (χ1n) is 6.46. The number of aromatic amines is 1. The van der Waals surface area contributed by atoms with E-state index >= 15 is 0 Å². The molecule has 112 valence electrons. The van der Waals surface area contributed by atoms with Crippen molar-refractivity contribution in [1.82, 2.24) is 25.5 Å². The van der Waals surface area contributed by atoms with Crippen molar-refractivity contribution >= 4 is 12.0 Å². The van der Waals surface area contributed by atoms with Crippen molar-refractivity contribution in [3.05, 3.63) is 18.2 Å². The third-order valence-corrected chi connectivity index (χ3v) is 2.90. The molecule has 0 fully saturated rings. The van der Waals surface area contributed by atoms with Crippen molar-refractivity contribution in [2.45, 2.75) is 19.4 Å². The number of carbonyl (C=O) groups is 2. The molecular formula is C12H21N5O3. The second kappa shape index (κ2) is 8.16. The van der Waals surface area contributed by atoms with Crippen LogP contribution in [0.25, 0.3) is 0 Å². The summed E-state index contributed by atoms with van der Waals surface area (Å²) in [4.78, 5) is 31.4. The smallest absolute Gasteiger partial charge is 0.326 e. The summed E-state index contributed by atoms with van der Waals surface area (Å²) in [6, 6.07) is -1.47. The van der Waals surface area contributed by atoms with Crippen LogP contribution in [0, 0.1) is 0 Å². The highest BCUT2D eigenvalue weighted by Crippen LogP contribution is 1.98. The zero-order chi connectivity index (χ0) is 15.0. The largest absolute Gasteiger partial charge is 0.480 e. The first-order valence-corrected chi connectivity index (χ1v) is 6.46. The Kier molecular flexibility index (Phi) is 6.51. The van der Waals surface area contributed by atoms with Crippen LogP contribution in [0.5, 0.6) is 0 Å². The van der Waals surface area contributed by atoms with Gasteiger partial charge < -0.3 is 25.6 Å². The molecule has 1 aromatic rings. The van der Waals surface area contributed by atoms with E-state index in [2.05, 4.69) is 20.6 Å². The highest BCUT2D eigenvalue weighted by Gasteiger charge is 2.20. The summed E-state index contributed by atoms with van der Waals surface area (Å²) in [5, 5.41) is 14.2. The maximum Gasteiger partial charge on any atom is 0.326 e. The van der Waals surface area contributed by atoms with Crippen molar-refractivity contribution in [3.8, 4) is 0 Å². The molecule has 0 unspecified atom stereocenters. The Balaban J connectivity index is 2.37. The van der Waals surface area contributed by atoms with E-state index in [9.17, 15) is 9.59 Å². The Bertz CT molecular complexity index is 421. The molecule has 0 spiro atoms. The number of carboxylic acids is 1. The Labute approximate surface area is 117 Å². The molecule has 0 aliphatic carbocycles. The lowest BCUT2D eigenvalue weighted by atomic mass is 10.2. The van der Waals surface area contributed by atoms with Crippen molar-refractivity contribution in [2.75, 3.05) is 26.7 Å². The molecule has 8 heteroatoms. The molecule has 1 heterocycles. The molecule has 0 saturated heterocycles. The number of urea groups is 1. The van der Waals surface area contributed by atoms with Gasteiger partial charge in [-0.3, -0.25) is 0 Å². The minimum absolute atomic E-state index is 0.164. The molecule has 0 saturated carbocycles. The SMILES string of the molecule is CCN(C)CCNC(=O)N[C@H](Cc1cnc[nH]1)C(=O)O. The molecule has 1 rings (SSSR count). The van der Waals surface area contributed by atoms with Gasteiger partial charge in [-0.15, -0.1) is 0 Å². The van der Waals surface area contributed by atoms with Gasteiger partial charge in [0, 0.05) is 31.4 Å². The van der Waals surface area contributed by atoms with Gasteiger partial charge in [-0.05, 0) is 13.6 Å². The number of nitrogens with zero attached hydrogens (tertiary/aromatic N) is 2. The van der Waals surface area contributed by atoms with Crippen LogP contribution in [0.2, 0.25) is 0 Å². The summed E-state index contributed by atoms with van der Waals surface area (Å²) in [6.45, 7) is 4.08. The fourth-order valence-electron chi connectivity index (χ4n) is 1.54. The summed E-state index contributed by atoms with van der Waals surface area (Å²) < 4.78 is 0. The van der Waals surface area contributed by atoms with Crippen LogP contribution in [0.15, 0.2) is 12.5 Å². The van der Waals surface area contributed by atoms with E-state index in [4.69, 9.17) is 5.11 Å². The van der Waals surface area contributed by atoms with E-state index < -0.39 is 18.0 Å². The molecule has 20 heavy (non-hydrogen) atoms. The van der Waals surface area contributed by atoms with Crippen molar-refractivity contribution < 1.29 is 14.7 Å². The van der Waals surface area contributed by atoms with Crippen LogP contribution in [0.3, 0.4) is 0 Å². The number of carboxylic acid groups (broad SMARTS) is 1. The molecule has 0 aliphatic heterocycles. The average molecular weight is 283 g/mol. The Hall–Kier alpha value is -2.09. The second-order valence-corrected chi connectivity index (χ2v) is 4.47. The number of nitrogens with one attached hydrogen (secondary N) is 3. The van der Waals surface area contributed by atoms with Crippen LogP contribution in [-0.4, -0.2) is 64.7 Å². The van der Waals surface area contributed by atoms with Crippen LogP contribution in [-0.2, 0) is 11.2 Å². The number of imidazole rings is 1. The third-order valence-electron chi connectivity index (χ3n) is 2.90. The molecule has 2 amide bonds. The van der Waals surface area contributed by atoms with E-state index in [0.717, 1.165) is 6.54 Å². The number of hydrogen-bond acceptors (Lipinski definition) is 4. The van der Waals surface area contributed by atoms with E-state index in [1.807, 2.05) is 18.9 Å². The summed E-state index contributed by atoms with van der Waals surface area (Å²) in [6.07, 6.45) is 3.16. The van der Waals surface area contributed by atoms with Gasteiger partial charge in [-0.25, -0.2) is 14.6 Å². The number of rotatable bonds is 8. The normalized spacial score (nSPS) is 12.2. The van der Waals surface area contributed by atoms with Gasteiger partial charge in [0.25, 0.3) is 0 Å². The Morgan fingerprint density at radius 1 is 1.55 bits per heavy atom. The number of carbonyl (C=O) groups excluding carboxylic acids is 1. The molecule has 0 aromatic carbocycles. The Morgan fingerprint density at radius 3 is 2.85 bits per heavy atom. The lowest BCUT2D eigenvalue weighted by molar-refractivity contribution is -0.139. The molecule has 0 radical (unpaired) electrons. The van der Waals surface area contributed by atoms with E-state index in [-0.39, 0.29) is 6.42 Å². The zero-order valence-electron chi connectivity index (χ0n) is 11.7. The zero-order valence-corrected chi connectivity index (χ0v) is 11.7. The van der Waals surface area contributed by atoms with Crippen LogP contribution >= 0.6 is 0 Å². The lowest BCUT2D eigenvalue weighted by Crippen LogP contribution is -2.48. The fraction of sp³-hybridized carbons (Fsp3) is 0.583. The number of aliphatic carboxylic acids is 1. The van der Waals surface area contributed by atoms with Crippen molar-refractivity contribution in [2.24, 2.45) is 0 Å². The summed E-state index contributed by atoms with van der Waals surface area (Å²) in [5.74, 6) is -1.08. The van der Waals surface area contributed by atoms with E-state index in [0.29, 0.717) is 18.8 Å². The molecule has 1 atom stereocenters. The van der Waals surface area contributed by atoms with Gasteiger partial charge in [0.1, 0.15) is 6.04 Å². The fourth-order valence-corrected chi connectivity index (χ4v) is 1.54. The first-order chi connectivity index (χ1) is 9.52. The van der Waals surface area contributed by atoms with Gasteiger partial charge >= 0.3 is 12.0 Å². The first kappa shape index (κ1) is 16.0. The summed E-state index contributed by atoms with van der Waals surface area (Å²) in [7, 11) is 1.94. The highest BCUT2D eigenvalue weighted by molar-refractivity contribution is 5.82. The topological polar surface area (TPSA) is 110 Å². The van der Waals surface area contributed by atoms with Crippen molar-refractivity contribution in [1.29, 1.82) is 0 Å². The quantitative estimate of drug-likeness (QED) is 0.521. The molecule has 8 nitrogen and oxygen atoms in total. The summed E-state index contributed by atoms with van der Waals surface area (Å²) in [5.41, 5.74) is 0.656. The molecule has 1 aromatic heterocycles. The predicted molar refractivity (Wildman–Crippen MR) is 73.4 cm³/mol. The van der Waals surface area contributed by atoms with Gasteiger partial charge in [-0.1, -0.05) is 6.92 Å². The molecule has 4 N–H and O–H groups in total. The van der Waals surface area contributed by atoms with E-state index in [1.54, 1.807) is 0 Å². The molecule has 0 aliphatic rings. The molecular weight excluding hydrogens is 262 g/mol. The predicted octanol–water partition coefficient (Wildman–Crippen LogP) is -0.344. The van der Waals surface area contributed by atoms with Gasteiger partial charge in [-0.2, -0.15) is 0 Å². The maximum absolute atomic E-state index is 11.6. The van der Waals surface area contributed by atoms with Crippen LogP contribution in [0.1, 0.15) is 12.6 Å². The lowest BCUT2D eigenvalue weighted by Gasteiger charge is -2.16. The third kappa shape index (κ3) is 5.70. The average Bonchev–Trinajstić information content (AvgIpc) is 2.90. The number of amides is 2. The number of hydrogen-bond donors (Lipinski definition) is 4. The second-order valence-electron chi connectivity index (χ2n) is 4.47. The van der Waals surface area contributed by atoms with Gasteiger partial charge in [0.05, 0.1) is 6.33 Å². The number of likely N-dealkylation sites (N-methyl/N-ethyl adjacent to an activating group) is 1. The Morgan fingerprint density at radius 2 is 2.30 bits per heavy atom. The van der Waals surface area contributed by atoms with Crippen LogP contribution in [0.4, 0.5) is 4.79 Å². The number of aromatic nitrogens is 2. The minimum Gasteiger partial charge on any atom is -0.480 e.